The summed E-state index contributed by atoms with van der Waals surface area (Å²) in [6.45, 7) is 6.55. The van der Waals surface area contributed by atoms with Crippen LogP contribution in [0.2, 0.25) is 0 Å². The average Bonchev–Trinajstić information content (AvgIpc) is 3.76. The maximum Gasteiger partial charge on any atom is 0.301 e. The van der Waals surface area contributed by atoms with Gasteiger partial charge < -0.3 is 9.84 Å². The maximum absolute atomic E-state index is 13.9. The van der Waals surface area contributed by atoms with E-state index in [1.165, 1.54) is 33.4 Å². The van der Waals surface area contributed by atoms with Gasteiger partial charge in [0.1, 0.15) is 17.1 Å². The number of rotatable bonds is 10. The molecule has 0 radical (unpaired) electrons. The molecular formula is C37H33N5O4S2. The molecule has 1 unspecified atom stereocenters. The second-order valence-corrected chi connectivity index (χ2v) is 14.2. The summed E-state index contributed by atoms with van der Waals surface area (Å²) in [6.07, 6.45) is 2.64. The van der Waals surface area contributed by atoms with Crippen LogP contribution in [0, 0.1) is 12.8 Å². The van der Waals surface area contributed by atoms with Crippen LogP contribution in [-0.4, -0.2) is 43.0 Å². The molecule has 7 rings (SSSR count). The van der Waals surface area contributed by atoms with Crippen LogP contribution in [0.4, 0.5) is 5.13 Å². The fraction of sp³-hybridized carbons (Fsp3) is 0.216. The number of hydrogen-bond donors (Lipinski definition) is 1. The zero-order valence-corrected chi connectivity index (χ0v) is 28.3. The van der Waals surface area contributed by atoms with E-state index in [0.29, 0.717) is 51.0 Å². The topological polar surface area (TPSA) is 110 Å². The van der Waals surface area contributed by atoms with E-state index in [1.807, 2.05) is 60.7 Å². The van der Waals surface area contributed by atoms with Crippen LogP contribution in [0.5, 0.6) is 5.75 Å². The summed E-state index contributed by atoms with van der Waals surface area (Å²) in [5.41, 5.74) is 3.20. The highest BCUT2D eigenvalue weighted by Crippen LogP contribution is 2.45. The number of anilines is 1. The first kappa shape index (κ1) is 31.6. The van der Waals surface area contributed by atoms with Crippen LogP contribution in [0.3, 0.4) is 0 Å². The lowest BCUT2D eigenvalue weighted by atomic mass is 9.96. The van der Waals surface area contributed by atoms with Gasteiger partial charge in [0, 0.05) is 11.9 Å². The number of aryl methyl sites for hydroxylation is 1. The SMILES string of the molecule is Cc1nc2ccccn2c1C(O)=C1C(=O)C(=O)N(c2nnc(SCc3cccc4ccccc34)s2)C1c1cccc(OCCC(C)C)c1. The summed E-state index contributed by atoms with van der Waals surface area (Å²) in [6, 6.07) is 26.3. The molecule has 48 heavy (non-hydrogen) atoms. The van der Waals surface area contributed by atoms with Gasteiger partial charge in [-0.15, -0.1) is 10.2 Å². The zero-order valence-electron chi connectivity index (χ0n) is 26.7. The lowest BCUT2D eigenvalue weighted by molar-refractivity contribution is -0.132. The molecule has 1 amide bonds. The number of aliphatic hydroxyl groups excluding tert-OH is 1. The van der Waals surface area contributed by atoms with E-state index in [4.69, 9.17) is 4.74 Å². The minimum atomic E-state index is -0.976. The molecule has 3 aromatic carbocycles. The fourth-order valence-electron chi connectivity index (χ4n) is 5.97. The van der Waals surface area contributed by atoms with Crippen LogP contribution in [0.25, 0.3) is 22.2 Å². The van der Waals surface area contributed by atoms with E-state index >= 15 is 0 Å². The Morgan fingerprint density at radius 2 is 1.79 bits per heavy atom. The quantitative estimate of drug-likeness (QED) is 0.0512. The lowest BCUT2D eigenvalue weighted by Crippen LogP contribution is -2.29. The average molecular weight is 676 g/mol. The van der Waals surface area contributed by atoms with Crippen molar-refractivity contribution in [2.45, 2.75) is 43.3 Å². The number of thioether (sulfide) groups is 1. The molecule has 1 aliphatic rings. The maximum atomic E-state index is 13.9. The van der Waals surface area contributed by atoms with Crippen molar-refractivity contribution in [2.75, 3.05) is 11.5 Å². The van der Waals surface area contributed by atoms with Gasteiger partial charge in [0.2, 0.25) is 5.13 Å². The first-order chi connectivity index (χ1) is 23.3. The molecule has 3 aromatic heterocycles. The van der Waals surface area contributed by atoms with Crippen molar-refractivity contribution in [2.24, 2.45) is 5.92 Å². The summed E-state index contributed by atoms with van der Waals surface area (Å²) in [5.74, 6) is -0.178. The van der Waals surface area contributed by atoms with Gasteiger partial charge in [0.15, 0.2) is 10.1 Å². The smallest absolute Gasteiger partial charge is 0.301 e. The second kappa shape index (κ2) is 13.2. The molecule has 4 heterocycles. The Labute approximate surface area is 285 Å². The Kier molecular flexibility index (Phi) is 8.72. The molecule has 0 aliphatic carbocycles. The first-order valence-corrected chi connectivity index (χ1v) is 17.5. The summed E-state index contributed by atoms with van der Waals surface area (Å²) in [4.78, 5) is 33.7. The number of pyridine rings is 1. The van der Waals surface area contributed by atoms with Gasteiger partial charge in [0.25, 0.3) is 5.78 Å². The number of fused-ring (bicyclic) bond motifs is 2. The largest absolute Gasteiger partial charge is 0.505 e. The molecule has 0 bridgehead atoms. The van der Waals surface area contributed by atoms with Crippen LogP contribution < -0.4 is 9.64 Å². The number of carbonyl (C=O) groups is 2. The van der Waals surface area contributed by atoms with Gasteiger partial charge in [-0.05, 0) is 65.4 Å². The van der Waals surface area contributed by atoms with Crippen molar-refractivity contribution in [3.05, 3.63) is 119 Å². The highest BCUT2D eigenvalue weighted by Gasteiger charge is 2.49. The van der Waals surface area contributed by atoms with E-state index in [9.17, 15) is 14.7 Å². The highest BCUT2D eigenvalue weighted by molar-refractivity contribution is 8.00. The minimum Gasteiger partial charge on any atom is -0.505 e. The predicted molar refractivity (Wildman–Crippen MR) is 190 cm³/mol. The molecule has 1 fully saturated rings. The number of carbonyl (C=O) groups excluding carboxylic acids is 2. The molecule has 11 heteroatoms. The number of ether oxygens (including phenoxy) is 1. The third kappa shape index (κ3) is 5.95. The molecule has 0 saturated carbocycles. The van der Waals surface area contributed by atoms with Gasteiger partial charge in [-0.1, -0.05) is 97.6 Å². The monoisotopic (exact) mass is 675 g/mol. The zero-order chi connectivity index (χ0) is 33.4. The number of aromatic nitrogens is 4. The molecule has 242 valence electrons. The molecule has 6 aromatic rings. The van der Waals surface area contributed by atoms with Crippen LogP contribution in [0.1, 0.15) is 48.8 Å². The Hall–Kier alpha value is -5.00. The van der Waals surface area contributed by atoms with Crippen LogP contribution in [-0.2, 0) is 15.3 Å². The van der Waals surface area contributed by atoms with Gasteiger partial charge in [0.05, 0.1) is 23.9 Å². The molecule has 0 spiro atoms. The van der Waals surface area contributed by atoms with Crippen molar-refractivity contribution in [1.82, 2.24) is 19.6 Å². The van der Waals surface area contributed by atoms with E-state index in [-0.39, 0.29) is 16.5 Å². The number of amides is 1. The summed E-state index contributed by atoms with van der Waals surface area (Å²) < 4.78 is 8.43. The molecule has 1 N–H and O–H groups in total. The number of benzene rings is 3. The van der Waals surface area contributed by atoms with E-state index in [2.05, 4.69) is 53.3 Å². The third-order valence-electron chi connectivity index (χ3n) is 8.34. The number of ketones is 1. The number of nitrogens with zero attached hydrogens (tertiary/aromatic N) is 5. The Bertz CT molecular complexity index is 2200. The van der Waals surface area contributed by atoms with Crippen molar-refractivity contribution >= 4 is 62.1 Å². The molecule has 1 saturated heterocycles. The normalized spacial score (nSPS) is 16.1. The lowest BCUT2D eigenvalue weighted by Gasteiger charge is -2.23. The summed E-state index contributed by atoms with van der Waals surface area (Å²) in [7, 11) is 0. The second-order valence-electron chi connectivity index (χ2n) is 12.0. The Morgan fingerprint density at radius 3 is 2.65 bits per heavy atom. The standard InChI is InChI=1S/C37H33N5O4S2/c1-22(2)17-19-46-27-14-9-12-25(20-27)32-30(33(43)31-23(3)38-29-16-6-7-18-41(29)31)34(44)35(45)42(32)36-39-40-37(48-36)47-21-26-13-8-11-24-10-4-5-15-28(24)26/h4-16,18,20,22,32,43H,17,19,21H2,1-3H3. The number of aliphatic hydroxyl groups is 1. The van der Waals surface area contributed by atoms with Crippen molar-refractivity contribution in [3.63, 3.8) is 0 Å². The number of Topliss-reactive ketones (excluding diaryl/α,β-unsaturated/α-hetero) is 1. The highest BCUT2D eigenvalue weighted by atomic mass is 32.2. The summed E-state index contributed by atoms with van der Waals surface area (Å²) in [5, 5.41) is 23.3. The van der Waals surface area contributed by atoms with E-state index < -0.39 is 17.7 Å². The van der Waals surface area contributed by atoms with Crippen LogP contribution in [0.15, 0.2) is 101 Å². The van der Waals surface area contributed by atoms with E-state index in [1.54, 1.807) is 17.5 Å². The van der Waals surface area contributed by atoms with Crippen molar-refractivity contribution in [1.29, 1.82) is 0 Å². The summed E-state index contributed by atoms with van der Waals surface area (Å²) >= 11 is 2.76. The Morgan fingerprint density at radius 1 is 1.00 bits per heavy atom. The van der Waals surface area contributed by atoms with Crippen molar-refractivity contribution in [3.8, 4) is 5.75 Å². The van der Waals surface area contributed by atoms with Crippen LogP contribution >= 0.6 is 23.1 Å². The Balaban J connectivity index is 1.28. The van der Waals surface area contributed by atoms with Crippen molar-refractivity contribution < 1.29 is 19.4 Å². The van der Waals surface area contributed by atoms with Gasteiger partial charge >= 0.3 is 5.91 Å². The van der Waals surface area contributed by atoms with Gasteiger partial charge in [-0.3, -0.25) is 18.9 Å². The van der Waals surface area contributed by atoms with E-state index in [0.717, 1.165) is 17.4 Å². The number of imidazole rings is 1. The molecular weight excluding hydrogens is 643 g/mol. The molecule has 9 nitrogen and oxygen atoms in total. The number of hydrogen-bond acceptors (Lipinski definition) is 9. The molecule has 1 atom stereocenters. The van der Waals surface area contributed by atoms with Gasteiger partial charge in [-0.25, -0.2) is 4.98 Å². The minimum absolute atomic E-state index is 0.0479. The fourth-order valence-corrected chi connectivity index (χ4v) is 7.85. The first-order valence-electron chi connectivity index (χ1n) is 15.7. The molecule has 1 aliphatic heterocycles. The third-order valence-corrected chi connectivity index (χ3v) is 10.4. The predicted octanol–water partition coefficient (Wildman–Crippen LogP) is 7.99. The van der Waals surface area contributed by atoms with Gasteiger partial charge in [-0.2, -0.15) is 0 Å².